The Bertz CT molecular complexity index is 407. The van der Waals surface area contributed by atoms with Crippen molar-refractivity contribution in [3.63, 3.8) is 0 Å². The van der Waals surface area contributed by atoms with Crippen LogP contribution >= 0.6 is 0 Å². The van der Waals surface area contributed by atoms with E-state index < -0.39 is 5.97 Å². The van der Waals surface area contributed by atoms with Gasteiger partial charge in [0.05, 0.1) is 11.3 Å². The number of hydrogen-bond donors (Lipinski definition) is 1. The maximum absolute atomic E-state index is 10.7. The summed E-state index contributed by atoms with van der Waals surface area (Å²) in [6.07, 6.45) is 5.56. The number of hydrogen-bond acceptors (Lipinski definition) is 3. The second-order valence-electron chi connectivity index (χ2n) is 2.89. The van der Waals surface area contributed by atoms with Crippen LogP contribution in [0.2, 0.25) is 0 Å². The summed E-state index contributed by atoms with van der Waals surface area (Å²) in [7, 11) is 0. The highest BCUT2D eigenvalue weighted by Gasteiger charge is 2.08. The molecule has 4 heteroatoms. The molecule has 0 bridgehead atoms. The predicted molar refractivity (Wildman–Crippen MR) is 54.9 cm³/mol. The Labute approximate surface area is 87.9 Å². The highest BCUT2D eigenvalue weighted by Crippen LogP contribution is 2.12. The lowest BCUT2D eigenvalue weighted by atomic mass is 10.2. The van der Waals surface area contributed by atoms with Gasteiger partial charge in [-0.3, -0.25) is 0 Å². The zero-order valence-electron chi connectivity index (χ0n) is 8.36. The molecule has 1 rings (SSSR count). The number of aromatic nitrogens is 1. The first-order valence-corrected chi connectivity index (χ1v) is 4.42. The van der Waals surface area contributed by atoms with Crippen LogP contribution in [-0.4, -0.2) is 22.7 Å². The first kappa shape index (κ1) is 11.1. The first-order chi connectivity index (χ1) is 7.15. The standard InChI is InChI=1S/C11H11NO3/c1-3-4-7-15-10-6-5-9(11(13)14)8(2)12-10/h1,5-6H,4,7H2,2H3,(H,13,14). The zero-order chi connectivity index (χ0) is 11.3. The molecule has 0 aromatic carbocycles. The third-order valence-electron chi connectivity index (χ3n) is 1.79. The summed E-state index contributed by atoms with van der Waals surface area (Å²) >= 11 is 0. The van der Waals surface area contributed by atoms with E-state index in [0.29, 0.717) is 24.6 Å². The number of carboxylic acids is 1. The lowest BCUT2D eigenvalue weighted by molar-refractivity contribution is 0.0695. The summed E-state index contributed by atoms with van der Waals surface area (Å²) < 4.78 is 5.22. The van der Waals surface area contributed by atoms with E-state index in [1.807, 2.05) is 0 Å². The molecule has 1 aromatic rings. The number of pyridine rings is 1. The van der Waals surface area contributed by atoms with Gasteiger partial charge in [-0.2, -0.15) is 0 Å². The largest absolute Gasteiger partial charge is 0.478 e. The van der Waals surface area contributed by atoms with E-state index in [2.05, 4.69) is 10.9 Å². The molecule has 0 amide bonds. The number of terminal acetylenes is 1. The molecule has 1 heterocycles. The molecule has 0 radical (unpaired) electrons. The fourth-order valence-corrected chi connectivity index (χ4v) is 1.06. The van der Waals surface area contributed by atoms with Crippen LogP contribution in [0.25, 0.3) is 0 Å². The summed E-state index contributed by atoms with van der Waals surface area (Å²) in [5.41, 5.74) is 0.611. The molecule has 0 atom stereocenters. The van der Waals surface area contributed by atoms with Crippen molar-refractivity contribution in [3.05, 3.63) is 23.4 Å². The number of aromatic carboxylic acids is 1. The lowest BCUT2D eigenvalue weighted by Crippen LogP contribution is -2.04. The van der Waals surface area contributed by atoms with Gasteiger partial charge in [0.15, 0.2) is 0 Å². The monoisotopic (exact) mass is 205 g/mol. The van der Waals surface area contributed by atoms with Crippen LogP contribution in [0.1, 0.15) is 22.5 Å². The van der Waals surface area contributed by atoms with Gasteiger partial charge in [0.2, 0.25) is 5.88 Å². The fourth-order valence-electron chi connectivity index (χ4n) is 1.06. The van der Waals surface area contributed by atoms with Gasteiger partial charge in [0.1, 0.15) is 6.61 Å². The molecule has 1 N–H and O–H groups in total. The van der Waals surface area contributed by atoms with Crippen molar-refractivity contribution in [2.75, 3.05) is 6.61 Å². The van der Waals surface area contributed by atoms with Crippen LogP contribution in [0.3, 0.4) is 0 Å². The van der Waals surface area contributed by atoms with Gasteiger partial charge in [0.25, 0.3) is 0 Å². The number of nitrogens with zero attached hydrogens (tertiary/aromatic N) is 1. The minimum atomic E-state index is -0.991. The van der Waals surface area contributed by atoms with Crippen molar-refractivity contribution in [1.29, 1.82) is 0 Å². The SMILES string of the molecule is C#CCCOc1ccc(C(=O)O)c(C)n1. The molecular formula is C11H11NO3. The summed E-state index contributed by atoms with van der Waals surface area (Å²) in [5, 5.41) is 8.76. The molecule has 4 nitrogen and oxygen atoms in total. The Morgan fingerprint density at radius 2 is 2.40 bits per heavy atom. The van der Waals surface area contributed by atoms with E-state index in [4.69, 9.17) is 16.3 Å². The average Bonchev–Trinajstić information content (AvgIpc) is 2.17. The molecular weight excluding hydrogens is 194 g/mol. The Kier molecular flexibility index (Phi) is 3.69. The third kappa shape index (κ3) is 2.99. The molecule has 0 unspecified atom stereocenters. The van der Waals surface area contributed by atoms with E-state index in [1.165, 1.54) is 12.1 Å². The third-order valence-corrected chi connectivity index (χ3v) is 1.79. The van der Waals surface area contributed by atoms with Crippen molar-refractivity contribution in [2.45, 2.75) is 13.3 Å². The highest BCUT2D eigenvalue weighted by molar-refractivity contribution is 5.88. The van der Waals surface area contributed by atoms with Crippen LogP contribution in [0, 0.1) is 19.3 Å². The average molecular weight is 205 g/mol. The van der Waals surface area contributed by atoms with Gasteiger partial charge in [-0.05, 0) is 13.0 Å². The van der Waals surface area contributed by atoms with E-state index in [0.717, 1.165) is 0 Å². The van der Waals surface area contributed by atoms with Crippen LogP contribution in [-0.2, 0) is 0 Å². The topological polar surface area (TPSA) is 59.4 Å². The predicted octanol–water partition coefficient (Wildman–Crippen LogP) is 1.49. The number of ether oxygens (including phenoxy) is 1. The van der Waals surface area contributed by atoms with Crippen LogP contribution in [0.15, 0.2) is 12.1 Å². The molecule has 0 aliphatic rings. The lowest BCUT2D eigenvalue weighted by Gasteiger charge is -2.05. The van der Waals surface area contributed by atoms with Crippen LogP contribution < -0.4 is 4.74 Å². The molecule has 1 aromatic heterocycles. The normalized spacial score (nSPS) is 9.33. The quantitative estimate of drug-likeness (QED) is 0.597. The van der Waals surface area contributed by atoms with Crippen LogP contribution in [0.4, 0.5) is 0 Å². The summed E-state index contributed by atoms with van der Waals surface area (Å²) in [6.45, 7) is 2.01. The molecule has 0 aliphatic carbocycles. The van der Waals surface area contributed by atoms with Crippen LogP contribution in [0.5, 0.6) is 5.88 Å². The van der Waals surface area contributed by atoms with Gasteiger partial charge in [-0.25, -0.2) is 9.78 Å². The molecule has 0 aliphatic heterocycles. The molecule has 0 spiro atoms. The van der Waals surface area contributed by atoms with E-state index >= 15 is 0 Å². The number of carboxylic acid groups (broad SMARTS) is 1. The zero-order valence-corrected chi connectivity index (χ0v) is 8.36. The van der Waals surface area contributed by atoms with Gasteiger partial charge in [-0.15, -0.1) is 12.3 Å². The van der Waals surface area contributed by atoms with Gasteiger partial charge in [-0.1, -0.05) is 0 Å². The second-order valence-corrected chi connectivity index (χ2v) is 2.89. The van der Waals surface area contributed by atoms with Gasteiger partial charge >= 0.3 is 5.97 Å². The van der Waals surface area contributed by atoms with Crippen molar-refractivity contribution < 1.29 is 14.6 Å². The summed E-state index contributed by atoms with van der Waals surface area (Å²) in [4.78, 5) is 14.7. The Morgan fingerprint density at radius 1 is 1.67 bits per heavy atom. The molecule has 0 fully saturated rings. The number of rotatable bonds is 4. The Morgan fingerprint density at radius 3 is 2.93 bits per heavy atom. The van der Waals surface area contributed by atoms with E-state index in [9.17, 15) is 4.79 Å². The molecule has 15 heavy (non-hydrogen) atoms. The maximum Gasteiger partial charge on any atom is 0.337 e. The highest BCUT2D eigenvalue weighted by atomic mass is 16.5. The summed E-state index contributed by atoms with van der Waals surface area (Å²) in [5.74, 6) is 1.84. The minimum absolute atomic E-state index is 0.180. The van der Waals surface area contributed by atoms with E-state index in [-0.39, 0.29) is 5.56 Å². The summed E-state index contributed by atoms with van der Waals surface area (Å²) in [6, 6.07) is 2.99. The number of carbonyl (C=O) groups is 1. The fraction of sp³-hybridized carbons (Fsp3) is 0.273. The van der Waals surface area contributed by atoms with Gasteiger partial charge in [0, 0.05) is 12.5 Å². The van der Waals surface area contributed by atoms with Crippen molar-refractivity contribution >= 4 is 5.97 Å². The number of aryl methyl sites for hydroxylation is 1. The molecule has 0 saturated carbocycles. The van der Waals surface area contributed by atoms with Crippen molar-refractivity contribution in [1.82, 2.24) is 4.98 Å². The smallest absolute Gasteiger partial charge is 0.337 e. The second kappa shape index (κ2) is 5.01. The Balaban J connectivity index is 2.74. The first-order valence-electron chi connectivity index (χ1n) is 4.42. The van der Waals surface area contributed by atoms with Crippen molar-refractivity contribution in [3.8, 4) is 18.2 Å². The molecule has 0 saturated heterocycles. The van der Waals surface area contributed by atoms with E-state index in [1.54, 1.807) is 6.92 Å². The van der Waals surface area contributed by atoms with Gasteiger partial charge < -0.3 is 9.84 Å². The van der Waals surface area contributed by atoms with Crippen molar-refractivity contribution in [2.24, 2.45) is 0 Å². The Hall–Kier alpha value is -2.02. The molecule has 78 valence electrons. The maximum atomic E-state index is 10.7. The minimum Gasteiger partial charge on any atom is -0.478 e.